The van der Waals surface area contributed by atoms with Gasteiger partial charge in [-0.3, -0.25) is 4.79 Å². The SMILES string of the molecule is Cc1nc([N+](=O)[O-])c(CC(=O)c2cc(Cl)cc(Br)c2)[nH]1. The molecule has 0 unspecified atom stereocenters. The van der Waals surface area contributed by atoms with E-state index in [0.29, 0.717) is 20.9 Å². The molecule has 0 spiro atoms. The third-order valence-corrected chi connectivity index (χ3v) is 3.25. The fourth-order valence-corrected chi connectivity index (χ4v) is 2.64. The van der Waals surface area contributed by atoms with Crippen LogP contribution in [0.3, 0.4) is 0 Å². The van der Waals surface area contributed by atoms with Crippen LogP contribution in [-0.4, -0.2) is 20.7 Å². The van der Waals surface area contributed by atoms with Gasteiger partial charge in [-0.05, 0) is 28.1 Å². The van der Waals surface area contributed by atoms with Crippen molar-refractivity contribution in [3.63, 3.8) is 0 Å². The number of carbonyl (C=O) groups excluding carboxylic acids is 1. The first-order chi connectivity index (χ1) is 9.36. The Hall–Kier alpha value is -1.73. The van der Waals surface area contributed by atoms with Crippen molar-refractivity contribution < 1.29 is 9.72 Å². The smallest absolute Gasteiger partial charge is 0.358 e. The number of nitrogens with one attached hydrogen (secondary N) is 1. The van der Waals surface area contributed by atoms with Crippen molar-refractivity contribution in [2.45, 2.75) is 13.3 Å². The zero-order valence-corrected chi connectivity index (χ0v) is 12.7. The van der Waals surface area contributed by atoms with Crippen LogP contribution in [0.5, 0.6) is 0 Å². The summed E-state index contributed by atoms with van der Waals surface area (Å²) < 4.78 is 0.670. The Balaban J connectivity index is 2.30. The lowest BCUT2D eigenvalue weighted by Gasteiger charge is -2.02. The second-order valence-electron chi connectivity index (χ2n) is 4.14. The maximum Gasteiger partial charge on any atom is 0.385 e. The van der Waals surface area contributed by atoms with E-state index in [0.717, 1.165) is 0 Å². The first-order valence-corrected chi connectivity index (χ1v) is 6.73. The van der Waals surface area contributed by atoms with E-state index >= 15 is 0 Å². The third kappa shape index (κ3) is 3.23. The monoisotopic (exact) mass is 357 g/mol. The summed E-state index contributed by atoms with van der Waals surface area (Å²) in [7, 11) is 0. The molecule has 0 atom stereocenters. The van der Waals surface area contributed by atoms with E-state index in [1.54, 1.807) is 19.1 Å². The highest BCUT2D eigenvalue weighted by molar-refractivity contribution is 9.10. The number of Topliss-reactive ketones (excluding diaryl/α,β-unsaturated/α-hetero) is 1. The number of benzene rings is 1. The Kier molecular flexibility index (Phi) is 4.20. The van der Waals surface area contributed by atoms with E-state index in [1.807, 2.05) is 0 Å². The summed E-state index contributed by atoms with van der Waals surface area (Å²) in [4.78, 5) is 28.9. The van der Waals surface area contributed by atoms with Gasteiger partial charge in [-0.15, -0.1) is 0 Å². The normalized spacial score (nSPS) is 10.6. The number of nitrogens with zero attached hydrogens (tertiary/aromatic N) is 2. The van der Waals surface area contributed by atoms with Gasteiger partial charge in [-0.2, -0.15) is 0 Å². The lowest BCUT2D eigenvalue weighted by Crippen LogP contribution is -2.06. The molecule has 0 bridgehead atoms. The van der Waals surface area contributed by atoms with Gasteiger partial charge in [-0.25, -0.2) is 0 Å². The minimum Gasteiger partial charge on any atom is -0.358 e. The first kappa shape index (κ1) is 14.7. The molecule has 1 heterocycles. The highest BCUT2D eigenvalue weighted by Crippen LogP contribution is 2.22. The van der Waals surface area contributed by atoms with Gasteiger partial charge in [0.1, 0.15) is 5.69 Å². The number of aryl methyl sites for hydroxylation is 1. The summed E-state index contributed by atoms with van der Waals surface area (Å²) in [5.74, 6) is -0.205. The molecule has 0 saturated carbocycles. The van der Waals surface area contributed by atoms with Crippen LogP contribution < -0.4 is 0 Å². The van der Waals surface area contributed by atoms with Crippen LogP contribution in [0.1, 0.15) is 21.9 Å². The molecular formula is C12H9BrClN3O3. The van der Waals surface area contributed by atoms with E-state index in [9.17, 15) is 14.9 Å². The highest BCUT2D eigenvalue weighted by Gasteiger charge is 2.22. The van der Waals surface area contributed by atoms with Crippen molar-refractivity contribution >= 4 is 39.1 Å². The van der Waals surface area contributed by atoms with Crippen LogP contribution in [0, 0.1) is 17.0 Å². The number of halogens is 2. The van der Waals surface area contributed by atoms with E-state index in [1.165, 1.54) is 6.07 Å². The number of nitro groups is 1. The maximum absolute atomic E-state index is 12.2. The van der Waals surface area contributed by atoms with Gasteiger partial charge >= 0.3 is 5.82 Å². The standard InChI is InChI=1S/C12H9BrClN3O3/c1-6-15-10(12(16-6)17(19)20)5-11(18)7-2-8(13)4-9(14)3-7/h2-4H,5H2,1H3,(H,15,16). The Labute approximate surface area is 127 Å². The van der Waals surface area contributed by atoms with Crippen LogP contribution in [0.4, 0.5) is 5.82 Å². The summed E-state index contributed by atoms with van der Waals surface area (Å²) in [5, 5.41) is 11.3. The average Bonchev–Trinajstić information content (AvgIpc) is 2.69. The van der Waals surface area contributed by atoms with Gasteiger partial charge in [0.05, 0.1) is 6.42 Å². The van der Waals surface area contributed by atoms with Crippen LogP contribution >= 0.6 is 27.5 Å². The predicted octanol–water partition coefficient (Wildman–Crippen LogP) is 3.47. The van der Waals surface area contributed by atoms with E-state index in [2.05, 4.69) is 25.9 Å². The molecular weight excluding hydrogens is 350 g/mol. The second-order valence-corrected chi connectivity index (χ2v) is 5.49. The third-order valence-electron chi connectivity index (χ3n) is 2.57. The molecule has 2 rings (SSSR count). The van der Waals surface area contributed by atoms with Gasteiger partial charge in [0.2, 0.25) is 5.82 Å². The number of H-pyrrole nitrogens is 1. The summed E-state index contributed by atoms with van der Waals surface area (Å²) in [6.07, 6.45) is -0.135. The molecule has 0 saturated heterocycles. The van der Waals surface area contributed by atoms with E-state index < -0.39 is 4.92 Å². The van der Waals surface area contributed by atoms with Gasteiger partial charge in [0.15, 0.2) is 5.78 Å². The quantitative estimate of drug-likeness (QED) is 0.515. The van der Waals surface area contributed by atoms with Crippen molar-refractivity contribution in [1.82, 2.24) is 9.97 Å². The van der Waals surface area contributed by atoms with E-state index in [4.69, 9.17) is 11.6 Å². The molecule has 0 amide bonds. The molecule has 20 heavy (non-hydrogen) atoms. The predicted molar refractivity (Wildman–Crippen MR) is 77.2 cm³/mol. The van der Waals surface area contributed by atoms with Crippen molar-refractivity contribution in [2.24, 2.45) is 0 Å². The van der Waals surface area contributed by atoms with Gasteiger partial charge in [-0.1, -0.05) is 27.5 Å². The van der Waals surface area contributed by atoms with Crippen LogP contribution in [-0.2, 0) is 6.42 Å². The van der Waals surface area contributed by atoms with Gasteiger partial charge in [0, 0.05) is 22.0 Å². The van der Waals surface area contributed by atoms with E-state index in [-0.39, 0.29) is 23.7 Å². The largest absolute Gasteiger partial charge is 0.385 e. The second kappa shape index (κ2) is 5.72. The Morgan fingerprint density at radius 1 is 1.50 bits per heavy atom. The van der Waals surface area contributed by atoms with Crippen molar-refractivity contribution in [3.8, 4) is 0 Å². The number of rotatable bonds is 4. The van der Waals surface area contributed by atoms with Gasteiger partial charge < -0.3 is 15.1 Å². The summed E-state index contributed by atoms with van der Waals surface area (Å²) in [6.45, 7) is 1.59. The summed E-state index contributed by atoms with van der Waals surface area (Å²) in [5.41, 5.74) is 0.569. The zero-order valence-electron chi connectivity index (χ0n) is 10.3. The van der Waals surface area contributed by atoms with Gasteiger partial charge in [0.25, 0.3) is 0 Å². The molecule has 0 radical (unpaired) electrons. The molecule has 8 heteroatoms. The molecule has 0 aliphatic heterocycles. The maximum atomic E-state index is 12.2. The Morgan fingerprint density at radius 3 is 2.80 bits per heavy atom. The number of hydrogen-bond donors (Lipinski definition) is 1. The van der Waals surface area contributed by atoms with Crippen molar-refractivity contribution in [2.75, 3.05) is 0 Å². The van der Waals surface area contributed by atoms with Crippen molar-refractivity contribution in [3.05, 3.63) is 54.9 Å². The first-order valence-electron chi connectivity index (χ1n) is 5.56. The lowest BCUT2D eigenvalue weighted by atomic mass is 10.1. The zero-order chi connectivity index (χ0) is 14.9. The molecule has 2 aromatic rings. The number of carbonyl (C=O) groups is 1. The fraction of sp³-hybridized carbons (Fsp3) is 0.167. The minimum atomic E-state index is -0.611. The summed E-state index contributed by atoms with van der Waals surface area (Å²) in [6, 6.07) is 4.79. The molecule has 0 aliphatic carbocycles. The molecule has 1 aromatic heterocycles. The fourth-order valence-electron chi connectivity index (χ4n) is 1.78. The van der Waals surface area contributed by atoms with Crippen molar-refractivity contribution in [1.29, 1.82) is 0 Å². The topological polar surface area (TPSA) is 88.9 Å². The average molecular weight is 359 g/mol. The Morgan fingerprint density at radius 2 is 2.20 bits per heavy atom. The van der Waals surface area contributed by atoms with Crippen LogP contribution in [0.15, 0.2) is 22.7 Å². The molecule has 6 nitrogen and oxygen atoms in total. The molecule has 1 N–H and O–H groups in total. The number of aromatic amines is 1. The number of ketones is 1. The van der Waals surface area contributed by atoms with Crippen LogP contribution in [0.2, 0.25) is 5.02 Å². The minimum absolute atomic E-state index is 0.135. The summed E-state index contributed by atoms with van der Waals surface area (Å²) >= 11 is 9.12. The number of hydrogen-bond acceptors (Lipinski definition) is 4. The lowest BCUT2D eigenvalue weighted by molar-refractivity contribution is -0.390. The van der Waals surface area contributed by atoms with Crippen LogP contribution in [0.25, 0.3) is 0 Å². The highest BCUT2D eigenvalue weighted by atomic mass is 79.9. The molecule has 1 aromatic carbocycles. The molecule has 104 valence electrons. The Bertz CT molecular complexity index is 679. The number of imidazole rings is 1. The molecule has 0 aliphatic rings. The molecule has 0 fully saturated rings. The number of aromatic nitrogens is 2.